The van der Waals surface area contributed by atoms with Crippen LogP contribution in [0, 0.1) is 5.92 Å². The van der Waals surface area contributed by atoms with E-state index in [0.29, 0.717) is 31.2 Å². The Morgan fingerprint density at radius 1 is 1.41 bits per heavy atom. The van der Waals surface area contributed by atoms with Crippen LogP contribution in [0.15, 0.2) is 28.8 Å². The number of carbonyl (C=O) groups excluding carboxylic acids is 1. The Morgan fingerprint density at radius 3 is 3.00 bits per heavy atom. The van der Waals surface area contributed by atoms with Gasteiger partial charge in [-0.3, -0.25) is 9.69 Å². The maximum atomic E-state index is 12.6. The van der Waals surface area contributed by atoms with E-state index in [0.717, 1.165) is 19.4 Å². The van der Waals surface area contributed by atoms with Crippen molar-refractivity contribution in [3.8, 4) is 17.1 Å². The van der Waals surface area contributed by atoms with Gasteiger partial charge in [-0.2, -0.15) is 13.8 Å². The Bertz CT molecular complexity index is 769. The SMILES string of the molecule is CCOC(=O)C1CCCN(Cc2nc(-c3ccccc3OC(F)F)no2)C1. The first-order chi connectivity index (χ1) is 13.1. The number of para-hydroxylation sites is 1. The van der Waals surface area contributed by atoms with Gasteiger partial charge in [0.2, 0.25) is 11.7 Å². The first-order valence-corrected chi connectivity index (χ1v) is 8.82. The zero-order valence-electron chi connectivity index (χ0n) is 14.9. The van der Waals surface area contributed by atoms with Crippen LogP contribution in [0.1, 0.15) is 25.7 Å². The van der Waals surface area contributed by atoms with Crippen molar-refractivity contribution in [1.82, 2.24) is 15.0 Å². The summed E-state index contributed by atoms with van der Waals surface area (Å²) in [6.07, 6.45) is 1.66. The van der Waals surface area contributed by atoms with Crippen molar-refractivity contribution < 1.29 is 27.6 Å². The van der Waals surface area contributed by atoms with Crippen LogP contribution in [0.4, 0.5) is 8.78 Å². The van der Waals surface area contributed by atoms with Crippen molar-refractivity contribution in [1.29, 1.82) is 0 Å². The van der Waals surface area contributed by atoms with E-state index in [1.165, 1.54) is 6.07 Å². The maximum Gasteiger partial charge on any atom is 0.387 e. The molecule has 0 bridgehead atoms. The fourth-order valence-corrected chi connectivity index (χ4v) is 3.12. The molecule has 1 atom stereocenters. The molecule has 146 valence electrons. The summed E-state index contributed by atoms with van der Waals surface area (Å²) >= 11 is 0. The molecule has 1 unspecified atom stereocenters. The summed E-state index contributed by atoms with van der Waals surface area (Å²) in [5, 5.41) is 3.87. The lowest BCUT2D eigenvalue weighted by Gasteiger charge is -2.30. The zero-order valence-corrected chi connectivity index (χ0v) is 14.9. The van der Waals surface area contributed by atoms with Crippen molar-refractivity contribution in [2.75, 3.05) is 19.7 Å². The maximum absolute atomic E-state index is 12.6. The lowest BCUT2D eigenvalue weighted by atomic mass is 9.98. The Kier molecular flexibility index (Phi) is 6.33. The topological polar surface area (TPSA) is 77.7 Å². The average Bonchev–Trinajstić information content (AvgIpc) is 3.10. The van der Waals surface area contributed by atoms with Gasteiger partial charge in [-0.05, 0) is 38.4 Å². The number of piperidine rings is 1. The fourth-order valence-electron chi connectivity index (χ4n) is 3.12. The van der Waals surface area contributed by atoms with Crippen LogP contribution >= 0.6 is 0 Å². The van der Waals surface area contributed by atoms with Crippen LogP contribution in [0.5, 0.6) is 5.75 Å². The third kappa shape index (κ3) is 5.00. The summed E-state index contributed by atoms with van der Waals surface area (Å²) in [6.45, 7) is 0.947. The molecule has 1 aromatic heterocycles. The second kappa shape index (κ2) is 8.90. The molecule has 1 aromatic carbocycles. The van der Waals surface area contributed by atoms with E-state index < -0.39 is 6.61 Å². The number of aromatic nitrogens is 2. The highest BCUT2D eigenvalue weighted by Crippen LogP contribution is 2.29. The third-order valence-corrected chi connectivity index (χ3v) is 4.30. The lowest BCUT2D eigenvalue weighted by molar-refractivity contribution is -0.150. The van der Waals surface area contributed by atoms with Crippen molar-refractivity contribution in [3.63, 3.8) is 0 Å². The molecule has 1 aliphatic heterocycles. The van der Waals surface area contributed by atoms with Gasteiger partial charge in [0.25, 0.3) is 0 Å². The van der Waals surface area contributed by atoms with Crippen LogP contribution < -0.4 is 4.74 Å². The molecule has 0 radical (unpaired) electrons. The summed E-state index contributed by atoms with van der Waals surface area (Å²) in [7, 11) is 0. The largest absolute Gasteiger partial charge is 0.466 e. The Morgan fingerprint density at radius 2 is 2.22 bits per heavy atom. The molecule has 27 heavy (non-hydrogen) atoms. The fraction of sp³-hybridized carbons (Fsp3) is 0.500. The van der Waals surface area contributed by atoms with E-state index in [-0.39, 0.29) is 23.5 Å². The van der Waals surface area contributed by atoms with Crippen molar-refractivity contribution in [3.05, 3.63) is 30.2 Å². The van der Waals surface area contributed by atoms with Gasteiger partial charge in [-0.15, -0.1) is 0 Å². The molecule has 1 fully saturated rings. The number of carbonyl (C=O) groups is 1. The van der Waals surface area contributed by atoms with E-state index >= 15 is 0 Å². The molecule has 0 spiro atoms. The van der Waals surface area contributed by atoms with Crippen LogP contribution in [0.3, 0.4) is 0 Å². The van der Waals surface area contributed by atoms with Crippen molar-refractivity contribution in [2.45, 2.75) is 32.9 Å². The molecule has 0 saturated carbocycles. The third-order valence-electron chi connectivity index (χ3n) is 4.30. The van der Waals surface area contributed by atoms with Crippen molar-refractivity contribution >= 4 is 5.97 Å². The second-order valence-electron chi connectivity index (χ2n) is 6.21. The second-order valence-corrected chi connectivity index (χ2v) is 6.21. The summed E-state index contributed by atoms with van der Waals surface area (Å²) in [5.41, 5.74) is 0.329. The first kappa shape index (κ1) is 19.2. The van der Waals surface area contributed by atoms with E-state index in [1.807, 2.05) is 4.90 Å². The molecule has 1 aliphatic rings. The molecule has 7 nitrogen and oxygen atoms in total. The lowest BCUT2D eigenvalue weighted by Crippen LogP contribution is -2.39. The Balaban J connectivity index is 1.67. The minimum atomic E-state index is -2.94. The molecule has 1 saturated heterocycles. The van der Waals surface area contributed by atoms with Gasteiger partial charge in [0.1, 0.15) is 5.75 Å². The predicted molar refractivity (Wildman–Crippen MR) is 91.0 cm³/mol. The van der Waals surface area contributed by atoms with Gasteiger partial charge in [0.05, 0.1) is 24.6 Å². The van der Waals surface area contributed by atoms with E-state index in [1.54, 1.807) is 25.1 Å². The summed E-state index contributed by atoms with van der Waals surface area (Å²) in [5.74, 6) is 0.162. The number of alkyl halides is 2. The van der Waals surface area contributed by atoms with Crippen LogP contribution in [0.25, 0.3) is 11.4 Å². The normalized spacial score (nSPS) is 17.9. The van der Waals surface area contributed by atoms with Gasteiger partial charge >= 0.3 is 12.6 Å². The molecule has 0 aliphatic carbocycles. The molecular weight excluding hydrogens is 360 g/mol. The Hall–Kier alpha value is -2.55. The molecule has 2 aromatic rings. The van der Waals surface area contributed by atoms with Gasteiger partial charge < -0.3 is 14.0 Å². The number of hydrogen-bond donors (Lipinski definition) is 0. The van der Waals surface area contributed by atoms with Gasteiger partial charge in [-0.1, -0.05) is 17.3 Å². The van der Waals surface area contributed by atoms with Crippen LogP contribution in [-0.4, -0.2) is 47.3 Å². The predicted octanol–water partition coefficient (Wildman–Crippen LogP) is 3.11. The summed E-state index contributed by atoms with van der Waals surface area (Å²) in [4.78, 5) is 18.3. The van der Waals surface area contributed by atoms with Crippen LogP contribution in [-0.2, 0) is 16.1 Å². The van der Waals surface area contributed by atoms with E-state index in [9.17, 15) is 13.6 Å². The number of nitrogens with zero attached hydrogens (tertiary/aromatic N) is 3. The monoisotopic (exact) mass is 381 g/mol. The number of rotatable bonds is 7. The number of halogens is 2. The summed E-state index contributed by atoms with van der Waals surface area (Å²) < 4.78 is 40.0. The van der Waals surface area contributed by atoms with Crippen molar-refractivity contribution in [2.24, 2.45) is 5.92 Å². The minimum Gasteiger partial charge on any atom is -0.466 e. The number of likely N-dealkylation sites (tertiary alicyclic amines) is 1. The molecule has 3 rings (SSSR count). The summed E-state index contributed by atoms with van der Waals surface area (Å²) in [6, 6.07) is 6.28. The van der Waals surface area contributed by atoms with E-state index in [4.69, 9.17) is 9.26 Å². The standard InChI is InChI=1S/C18H21F2N3O4/c1-2-25-17(24)12-6-5-9-23(10-12)11-15-21-16(22-27-15)13-7-3-4-8-14(13)26-18(19)20/h3-4,7-8,12,18H,2,5-6,9-11H2,1H3. The molecule has 2 heterocycles. The Labute approximate surface area is 155 Å². The van der Waals surface area contributed by atoms with Crippen LogP contribution in [0.2, 0.25) is 0 Å². The van der Waals surface area contributed by atoms with Gasteiger partial charge in [0.15, 0.2) is 0 Å². The molecule has 0 N–H and O–H groups in total. The molecular formula is C18H21F2N3O4. The highest BCUT2D eigenvalue weighted by atomic mass is 19.3. The number of benzene rings is 1. The highest BCUT2D eigenvalue weighted by molar-refractivity contribution is 5.72. The van der Waals surface area contributed by atoms with Gasteiger partial charge in [0, 0.05) is 6.54 Å². The first-order valence-electron chi connectivity index (χ1n) is 8.82. The number of esters is 1. The molecule has 9 heteroatoms. The minimum absolute atomic E-state index is 0.0137. The highest BCUT2D eigenvalue weighted by Gasteiger charge is 2.28. The number of hydrogen-bond acceptors (Lipinski definition) is 7. The number of ether oxygens (including phenoxy) is 2. The zero-order chi connectivity index (χ0) is 19.2. The quantitative estimate of drug-likeness (QED) is 0.682. The van der Waals surface area contributed by atoms with E-state index in [2.05, 4.69) is 14.9 Å². The molecule has 0 amide bonds. The van der Waals surface area contributed by atoms with Gasteiger partial charge in [-0.25, -0.2) is 0 Å². The average molecular weight is 381 g/mol. The smallest absolute Gasteiger partial charge is 0.387 e.